The fourth-order valence-corrected chi connectivity index (χ4v) is 3.58. The first-order valence-electron chi connectivity index (χ1n) is 9.37. The Morgan fingerprint density at radius 2 is 1.71 bits per heavy atom. The van der Waals surface area contributed by atoms with Crippen LogP contribution in [0.4, 0.5) is 0 Å². The lowest BCUT2D eigenvalue weighted by Crippen LogP contribution is -2.37. The Labute approximate surface area is 169 Å². The molecule has 7 heteroatoms. The number of morpholine rings is 1. The van der Waals surface area contributed by atoms with Gasteiger partial charge in [0.25, 0.3) is 0 Å². The van der Waals surface area contributed by atoms with Crippen LogP contribution in [0.15, 0.2) is 48.5 Å². The highest BCUT2D eigenvalue weighted by molar-refractivity contribution is 7.71. The molecule has 0 N–H and O–H groups in total. The molecular formula is C21H24N4O2S. The van der Waals surface area contributed by atoms with Crippen LogP contribution in [0, 0.1) is 11.7 Å². The summed E-state index contributed by atoms with van der Waals surface area (Å²) in [5.74, 6) is 1.64. The fourth-order valence-electron chi connectivity index (χ4n) is 3.29. The first kappa shape index (κ1) is 18.9. The Hall–Kier alpha value is -2.48. The Balaban J connectivity index is 1.78. The van der Waals surface area contributed by atoms with Crippen LogP contribution >= 0.6 is 12.2 Å². The average Bonchev–Trinajstić information content (AvgIpc) is 3.05. The third-order valence-corrected chi connectivity index (χ3v) is 5.31. The van der Waals surface area contributed by atoms with Crippen LogP contribution in [-0.2, 0) is 11.4 Å². The van der Waals surface area contributed by atoms with Gasteiger partial charge in [-0.25, -0.2) is 4.68 Å². The predicted molar refractivity (Wildman–Crippen MR) is 112 cm³/mol. The lowest BCUT2D eigenvalue weighted by molar-refractivity contribution is 0.0210. The Bertz CT molecular complexity index is 987. The van der Waals surface area contributed by atoms with Crippen molar-refractivity contribution in [3.05, 3.63) is 58.9 Å². The zero-order valence-electron chi connectivity index (χ0n) is 16.2. The van der Waals surface area contributed by atoms with Gasteiger partial charge < -0.3 is 9.47 Å². The van der Waals surface area contributed by atoms with E-state index >= 15 is 0 Å². The number of ether oxygens (including phenoxy) is 2. The Kier molecular flexibility index (Phi) is 5.57. The van der Waals surface area contributed by atoms with Crippen molar-refractivity contribution in [2.45, 2.75) is 13.6 Å². The van der Waals surface area contributed by atoms with E-state index in [-0.39, 0.29) is 0 Å². The van der Waals surface area contributed by atoms with Gasteiger partial charge in [-0.15, -0.1) is 5.10 Å². The first-order chi connectivity index (χ1) is 13.7. The molecule has 1 saturated heterocycles. The number of rotatable bonds is 5. The number of aryl methyl sites for hydroxylation is 1. The van der Waals surface area contributed by atoms with E-state index in [1.165, 1.54) is 5.56 Å². The maximum atomic E-state index is 5.83. The second kappa shape index (κ2) is 8.26. The third-order valence-electron chi connectivity index (χ3n) is 4.92. The maximum absolute atomic E-state index is 5.83. The van der Waals surface area contributed by atoms with E-state index < -0.39 is 0 Å². The van der Waals surface area contributed by atoms with E-state index in [0.717, 1.165) is 49.1 Å². The maximum Gasteiger partial charge on any atom is 0.204 e. The molecule has 1 aliphatic heterocycles. The highest BCUT2D eigenvalue weighted by Crippen LogP contribution is 2.25. The minimum atomic E-state index is 0.657. The van der Waals surface area contributed by atoms with E-state index in [0.29, 0.717) is 11.4 Å². The van der Waals surface area contributed by atoms with Gasteiger partial charge >= 0.3 is 0 Å². The van der Waals surface area contributed by atoms with E-state index in [1.54, 1.807) is 7.11 Å². The van der Waals surface area contributed by atoms with Crippen LogP contribution in [0.5, 0.6) is 5.75 Å². The van der Waals surface area contributed by atoms with E-state index in [9.17, 15) is 0 Å². The van der Waals surface area contributed by atoms with Crippen LogP contribution in [-0.4, -0.2) is 52.7 Å². The van der Waals surface area contributed by atoms with Crippen molar-refractivity contribution in [2.24, 2.45) is 0 Å². The molecular weight excluding hydrogens is 372 g/mol. The van der Waals surface area contributed by atoms with Crippen molar-refractivity contribution in [3.63, 3.8) is 0 Å². The lowest BCUT2D eigenvalue weighted by Gasteiger charge is -2.26. The summed E-state index contributed by atoms with van der Waals surface area (Å²) in [6.07, 6.45) is 0. The summed E-state index contributed by atoms with van der Waals surface area (Å²) >= 11 is 5.83. The third kappa shape index (κ3) is 3.87. The molecule has 2 heterocycles. The van der Waals surface area contributed by atoms with Gasteiger partial charge in [0.15, 0.2) is 5.82 Å². The molecule has 0 saturated carbocycles. The van der Waals surface area contributed by atoms with Gasteiger partial charge in [-0.05, 0) is 55.5 Å². The van der Waals surface area contributed by atoms with Crippen molar-refractivity contribution in [1.29, 1.82) is 0 Å². The highest BCUT2D eigenvalue weighted by Gasteiger charge is 2.18. The number of methoxy groups -OCH3 is 1. The zero-order chi connectivity index (χ0) is 19.5. The first-order valence-corrected chi connectivity index (χ1v) is 9.78. The number of hydrogen-bond donors (Lipinski definition) is 0. The zero-order valence-corrected chi connectivity index (χ0v) is 17.0. The molecule has 0 amide bonds. The molecule has 0 bridgehead atoms. The van der Waals surface area contributed by atoms with Crippen LogP contribution in [0.1, 0.15) is 5.56 Å². The number of aromatic nitrogens is 3. The predicted octanol–water partition coefficient (Wildman–Crippen LogP) is 3.68. The van der Waals surface area contributed by atoms with Gasteiger partial charge in [0, 0.05) is 24.3 Å². The molecule has 4 rings (SSSR count). The van der Waals surface area contributed by atoms with Crippen molar-refractivity contribution in [3.8, 4) is 22.8 Å². The van der Waals surface area contributed by atoms with Gasteiger partial charge in [0.1, 0.15) is 5.75 Å². The molecule has 0 atom stereocenters. The molecule has 28 heavy (non-hydrogen) atoms. The molecule has 6 nitrogen and oxygen atoms in total. The average molecular weight is 397 g/mol. The molecule has 146 valence electrons. The standard InChI is InChI=1S/C21H24N4O2S/c1-16-3-7-18(8-4-16)25-20(17-5-9-19(26-2)10-6-17)22-24(21(25)28)15-23-11-13-27-14-12-23/h3-10H,11-15H2,1-2H3. The van der Waals surface area contributed by atoms with Gasteiger partial charge in [0.05, 0.1) is 27.0 Å². The minimum Gasteiger partial charge on any atom is -0.497 e. The normalized spacial score (nSPS) is 14.9. The van der Waals surface area contributed by atoms with E-state index in [4.69, 9.17) is 26.8 Å². The van der Waals surface area contributed by atoms with E-state index in [1.807, 2.05) is 33.5 Å². The number of nitrogens with zero attached hydrogens (tertiary/aromatic N) is 4. The Morgan fingerprint density at radius 3 is 2.36 bits per heavy atom. The number of hydrogen-bond acceptors (Lipinski definition) is 5. The molecule has 3 aromatic rings. The largest absolute Gasteiger partial charge is 0.497 e. The van der Waals surface area contributed by atoms with Crippen molar-refractivity contribution < 1.29 is 9.47 Å². The topological polar surface area (TPSA) is 44.4 Å². The van der Waals surface area contributed by atoms with Gasteiger partial charge in [0.2, 0.25) is 4.77 Å². The minimum absolute atomic E-state index is 0.657. The molecule has 0 aliphatic carbocycles. The lowest BCUT2D eigenvalue weighted by atomic mass is 10.2. The fraction of sp³-hybridized carbons (Fsp3) is 0.333. The van der Waals surface area contributed by atoms with Crippen LogP contribution in [0.25, 0.3) is 17.1 Å². The van der Waals surface area contributed by atoms with Crippen molar-refractivity contribution in [2.75, 3.05) is 33.4 Å². The monoisotopic (exact) mass is 396 g/mol. The van der Waals surface area contributed by atoms with Crippen LogP contribution < -0.4 is 4.74 Å². The van der Waals surface area contributed by atoms with Crippen LogP contribution in [0.2, 0.25) is 0 Å². The molecule has 2 aromatic carbocycles. The highest BCUT2D eigenvalue weighted by atomic mass is 32.1. The Morgan fingerprint density at radius 1 is 1.04 bits per heavy atom. The van der Waals surface area contributed by atoms with Gasteiger partial charge in [-0.1, -0.05) is 17.7 Å². The molecule has 1 fully saturated rings. The molecule has 0 spiro atoms. The van der Waals surface area contributed by atoms with E-state index in [2.05, 4.69) is 36.1 Å². The summed E-state index contributed by atoms with van der Waals surface area (Å²) in [6.45, 7) is 6.00. The van der Waals surface area contributed by atoms with Crippen molar-refractivity contribution >= 4 is 12.2 Å². The number of benzene rings is 2. The van der Waals surface area contributed by atoms with Crippen LogP contribution in [0.3, 0.4) is 0 Å². The summed E-state index contributed by atoms with van der Waals surface area (Å²) < 4.78 is 15.4. The molecule has 1 aromatic heterocycles. The summed E-state index contributed by atoms with van der Waals surface area (Å²) in [4.78, 5) is 2.31. The molecule has 0 radical (unpaired) electrons. The smallest absolute Gasteiger partial charge is 0.204 e. The quantitative estimate of drug-likeness (QED) is 0.616. The van der Waals surface area contributed by atoms with Gasteiger partial charge in [-0.3, -0.25) is 9.47 Å². The summed E-state index contributed by atoms with van der Waals surface area (Å²) in [7, 11) is 1.67. The van der Waals surface area contributed by atoms with Gasteiger partial charge in [-0.2, -0.15) is 0 Å². The second-order valence-corrected chi connectivity index (χ2v) is 7.24. The summed E-state index contributed by atoms with van der Waals surface area (Å²) in [6, 6.07) is 16.3. The van der Waals surface area contributed by atoms with Crippen molar-refractivity contribution in [1.82, 2.24) is 19.2 Å². The molecule has 0 unspecified atom stereocenters. The molecule has 1 aliphatic rings. The SMILES string of the molecule is COc1ccc(-c2nn(CN3CCOCC3)c(=S)n2-c2ccc(C)cc2)cc1. The second-order valence-electron chi connectivity index (χ2n) is 6.88. The summed E-state index contributed by atoms with van der Waals surface area (Å²) in [5.41, 5.74) is 3.21. The summed E-state index contributed by atoms with van der Waals surface area (Å²) in [5, 5.41) is 4.88.